The third-order valence-corrected chi connectivity index (χ3v) is 2.99. The molecule has 0 radical (unpaired) electrons. The Balaban J connectivity index is 2.15. The molecule has 2 N–H and O–H groups in total. The summed E-state index contributed by atoms with van der Waals surface area (Å²) in [5.74, 6) is -1.84. The molecule has 0 spiro atoms. The molecule has 22 heavy (non-hydrogen) atoms. The van der Waals surface area contributed by atoms with E-state index in [-0.39, 0.29) is 28.6 Å². The number of carbonyl (C=O) groups excluding carboxylic acids is 1. The van der Waals surface area contributed by atoms with E-state index in [0.717, 1.165) is 10.7 Å². The Labute approximate surface area is 128 Å². The second kappa shape index (κ2) is 6.22. The van der Waals surface area contributed by atoms with E-state index in [1.165, 1.54) is 24.4 Å². The van der Waals surface area contributed by atoms with Crippen LogP contribution in [0.25, 0.3) is 0 Å². The topological polar surface area (TPSA) is 127 Å². The van der Waals surface area contributed by atoms with E-state index in [4.69, 9.17) is 16.7 Å². The Morgan fingerprint density at radius 3 is 2.77 bits per heavy atom. The maximum absolute atomic E-state index is 11.9. The van der Waals surface area contributed by atoms with E-state index in [1.807, 2.05) is 0 Å². The molecule has 1 heterocycles. The number of benzene rings is 1. The maximum atomic E-state index is 11.9. The highest BCUT2D eigenvalue weighted by molar-refractivity contribution is 6.33. The molecule has 0 unspecified atom stereocenters. The lowest BCUT2D eigenvalue weighted by Gasteiger charge is -2.08. The van der Waals surface area contributed by atoms with Crippen LogP contribution < -0.4 is 5.32 Å². The predicted octanol–water partition coefficient (Wildman–Crippen LogP) is 1.78. The van der Waals surface area contributed by atoms with Crippen molar-refractivity contribution in [1.29, 1.82) is 0 Å². The zero-order valence-electron chi connectivity index (χ0n) is 10.9. The van der Waals surface area contributed by atoms with Crippen LogP contribution in [0.5, 0.6) is 0 Å². The van der Waals surface area contributed by atoms with Crippen LogP contribution in [0, 0.1) is 10.1 Å². The average molecular weight is 325 g/mol. The van der Waals surface area contributed by atoms with E-state index < -0.39 is 16.8 Å². The van der Waals surface area contributed by atoms with E-state index in [2.05, 4.69) is 10.4 Å². The van der Waals surface area contributed by atoms with Crippen molar-refractivity contribution in [1.82, 2.24) is 9.78 Å². The van der Waals surface area contributed by atoms with E-state index in [1.54, 1.807) is 0 Å². The summed E-state index contributed by atoms with van der Waals surface area (Å²) in [6, 6.07) is 4.84. The zero-order chi connectivity index (χ0) is 16.3. The van der Waals surface area contributed by atoms with Crippen molar-refractivity contribution in [2.45, 2.75) is 6.54 Å². The highest BCUT2D eigenvalue weighted by Crippen LogP contribution is 2.26. The third-order valence-electron chi connectivity index (χ3n) is 2.66. The van der Waals surface area contributed by atoms with E-state index >= 15 is 0 Å². The number of nitrogens with zero attached hydrogens (tertiary/aromatic N) is 3. The van der Waals surface area contributed by atoms with Gasteiger partial charge in [-0.15, -0.1) is 0 Å². The van der Waals surface area contributed by atoms with Gasteiger partial charge in [-0.2, -0.15) is 5.10 Å². The SMILES string of the molecule is O=C(Cn1nccc1C(=O)O)Nc1cc([N+](=O)[O-])ccc1Cl. The van der Waals surface area contributed by atoms with Gasteiger partial charge in [-0.25, -0.2) is 9.48 Å². The lowest BCUT2D eigenvalue weighted by Crippen LogP contribution is -2.22. The van der Waals surface area contributed by atoms with Crippen LogP contribution in [0.15, 0.2) is 30.5 Å². The molecule has 2 rings (SSSR count). The molecule has 0 bridgehead atoms. The number of aromatic carboxylic acids is 1. The molecule has 1 aromatic carbocycles. The molecule has 2 aromatic rings. The second-order valence-corrected chi connectivity index (χ2v) is 4.56. The first-order valence-corrected chi connectivity index (χ1v) is 6.25. The fourth-order valence-electron chi connectivity index (χ4n) is 1.69. The number of non-ortho nitro benzene ring substituents is 1. The Morgan fingerprint density at radius 1 is 1.41 bits per heavy atom. The summed E-state index contributed by atoms with van der Waals surface area (Å²) in [6.45, 7) is -0.367. The first-order valence-electron chi connectivity index (χ1n) is 5.87. The van der Waals surface area contributed by atoms with Crippen LogP contribution in [-0.2, 0) is 11.3 Å². The minimum absolute atomic E-state index is 0.0601. The third kappa shape index (κ3) is 3.38. The average Bonchev–Trinajstić information content (AvgIpc) is 2.89. The molecular weight excluding hydrogens is 316 g/mol. The zero-order valence-corrected chi connectivity index (χ0v) is 11.6. The van der Waals surface area contributed by atoms with Crippen LogP contribution in [0.4, 0.5) is 11.4 Å². The molecule has 10 heteroatoms. The summed E-state index contributed by atoms with van der Waals surface area (Å²) in [6.07, 6.45) is 1.25. The molecule has 0 aliphatic heterocycles. The van der Waals surface area contributed by atoms with Crippen molar-refractivity contribution < 1.29 is 19.6 Å². The van der Waals surface area contributed by atoms with Crippen molar-refractivity contribution in [3.05, 3.63) is 51.3 Å². The number of carbonyl (C=O) groups is 2. The monoisotopic (exact) mass is 324 g/mol. The van der Waals surface area contributed by atoms with Gasteiger partial charge in [0, 0.05) is 18.3 Å². The maximum Gasteiger partial charge on any atom is 0.354 e. The summed E-state index contributed by atoms with van der Waals surface area (Å²) in [5.41, 5.74) is -0.324. The molecule has 1 amide bonds. The van der Waals surface area contributed by atoms with Crippen molar-refractivity contribution in [3.63, 3.8) is 0 Å². The molecule has 0 aliphatic carbocycles. The highest BCUT2D eigenvalue weighted by Gasteiger charge is 2.15. The first-order chi connectivity index (χ1) is 10.4. The number of carboxylic acids is 1. The van der Waals surface area contributed by atoms with Crippen molar-refractivity contribution in [2.75, 3.05) is 5.32 Å². The first kappa shape index (κ1) is 15.4. The van der Waals surface area contributed by atoms with Gasteiger partial charge in [-0.05, 0) is 12.1 Å². The van der Waals surface area contributed by atoms with Gasteiger partial charge < -0.3 is 10.4 Å². The number of nitro groups is 1. The van der Waals surface area contributed by atoms with Crippen LogP contribution in [0.3, 0.4) is 0 Å². The highest BCUT2D eigenvalue weighted by atomic mass is 35.5. The Kier molecular flexibility index (Phi) is 4.37. The summed E-state index contributed by atoms with van der Waals surface area (Å²) in [7, 11) is 0. The van der Waals surface area contributed by atoms with E-state index in [9.17, 15) is 19.7 Å². The summed E-state index contributed by atoms with van der Waals surface area (Å²) in [5, 5.41) is 25.8. The number of anilines is 1. The number of aromatic nitrogens is 2. The minimum Gasteiger partial charge on any atom is -0.477 e. The number of amides is 1. The van der Waals surface area contributed by atoms with Gasteiger partial charge in [0.1, 0.15) is 12.2 Å². The lowest BCUT2D eigenvalue weighted by molar-refractivity contribution is -0.384. The fourth-order valence-corrected chi connectivity index (χ4v) is 1.85. The second-order valence-electron chi connectivity index (χ2n) is 4.15. The molecular formula is C12H9ClN4O5. The molecule has 0 saturated carbocycles. The molecule has 9 nitrogen and oxygen atoms in total. The number of nitro benzene ring substituents is 1. The molecule has 0 atom stereocenters. The number of hydrogen-bond donors (Lipinski definition) is 2. The van der Waals surface area contributed by atoms with E-state index in [0.29, 0.717) is 0 Å². The van der Waals surface area contributed by atoms with Gasteiger partial charge in [0.15, 0.2) is 0 Å². The molecule has 114 valence electrons. The Hall–Kier alpha value is -2.94. The van der Waals surface area contributed by atoms with Gasteiger partial charge in [-0.3, -0.25) is 14.9 Å². The molecule has 1 aromatic heterocycles. The number of rotatable bonds is 5. The summed E-state index contributed by atoms with van der Waals surface area (Å²) < 4.78 is 0.989. The van der Waals surface area contributed by atoms with Crippen LogP contribution in [-0.4, -0.2) is 31.7 Å². The molecule has 0 saturated heterocycles. The molecule has 0 aliphatic rings. The summed E-state index contributed by atoms with van der Waals surface area (Å²) >= 11 is 5.85. The van der Waals surface area contributed by atoms with Crippen molar-refractivity contribution >= 4 is 34.9 Å². The molecule has 0 fully saturated rings. The van der Waals surface area contributed by atoms with Gasteiger partial charge >= 0.3 is 5.97 Å². The predicted molar refractivity (Wildman–Crippen MR) is 75.9 cm³/mol. The summed E-state index contributed by atoms with van der Waals surface area (Å²) in [4.78, 5) is 32.9. The Bertz CT molecular complexity index is 758. The minimum atomic E-state index is -1.22. The quantitative estimate of drug-likeness (QED) is 0.637. The van der Waals surface area contributed by atoms with Crippen LogP contribution in [0.1, 0.15) is 10.5 Å². The number of halogens is 1. The number of carboxylic acid groups (broad SMARTS) is 1. The standard InChI is InChI=1S/C12H9ClN4O5/c13-8-2-1-7(17(21)22)5-9(8)15-11(18)6-16-10(12(19)20)3-4-14-16/h1-5H,6H2,(H,15,18)(H,19,20). The van der Waals surface area contributed by atoms with Gasteiger partial charge in [0.2, 0.25) is 5.91 Å². The Morgan fingerprint density at radius 2 is 2.14 bits per heavy atom. The largest absolute Gasteiger partial charge is 0.477 e. The number of hydrogen-bond acceptors (Lipinski definition) is 5. The smallest absolute Gasteiger partial charge is 0.354 e. The van der Waals surface area contributed by atoms with Gasteiger partial charge in [0.05, 0.1) is 15.6 Å². The normalized spacial score (nSPS) is 10.2. The fraction of sp³-hybridized carbons (Fsp3) is 0.0833. The lowest BCUT2D eigenvalue weighted by atomic mass is 10.2. The van der Waals surface area contributed by atoms with Crippen molar-refractivity contribution in [2.24, 2.45) is 0 Å². The van der Waals surface area contributed by atoms with Crippen LogP contribution >= 0.6 is 11.6 Å². The van der Waals surface area contributed by atoms with Gasteiger partial charge in [0.25, 0.3) is 5.69 Å². The van der Waals surface area contributed by atoms with Crippen molar-refractivity contribution in [3.8, 4) is 0 Å². The number of nitrogens with one attached hydrogen (secondary N) is 1. The van der Waals surface area contributed by atoms with Crippen LogP contribution in [0.2, 0.25) is 5.02 Å². The van der Waals surface area contributed by atoms with Gasteiger partial charge in [-0.1, -0.05) is 11.6 Å².